The van der Waals surface area contributed by atoms with Crippen molar-refractivity contribution in [1.29, 1.82) is 5.26 Å². The van der Waals surface area contributed by atoms with Crippen LogP contribution in [0.4, 0.5) is 11.4 Å². The van der Waals surface area contributed by atoms with Crippen LogP contribution in [0.3, 0.4) is 0 Å². The van der Waals surface area contributed by atoms with Crippen molar-refractivity contribution in [1.82, 2.24) is 0 Å². The Kier molecular flexibility index (Phi) is 9.46. The summed E-state index contributed by atoms with van der Waals surface area (Å²) in [6, 6.07) is 15.3. The zero-order valence-corrected chi connectivity index (χ0v) is 19.9. The molecule has 0 saturated carbocycles. The SMILES string of the molecule is CC(C)CN(CC(C)C)c1ccc([C@H](C)CC=O)cc1NC(=O)Cc1ccc(C#N)cc1. The van der Waals surface area contributed by atoms with Crippen molar-refractivity contribution in [2.24, 2.45) is 11.8 Å². The number of nitriles is 1. The second kappa shape index (κ2) is 12.0. The maximum Gasteiger partial charge on any atom is 0.228 e. The molecular weight excluding hydrogens is 398 g/mol. The van der Waals surface area contributed by atoms with Crippen molar-refractivity contribution in [3.8, 4) is 6.07 Å². The lowest BCUT2D eigenvalue weighted by atomic mass is 9.96. The molecule has 0 saturated heterocycles. The summed E-state index contributed by atoms with van der Waals surface area (Å²) < 4.78 is 0. The van der Waals surface area contributed by atoms with E-state index < -0.39 is 0 Å². The number of amides is 1. The Labute approximate surface area is 192 Å². The average Bonchev–Trinajstić information content (AvgIpc) is 2.73. The number of rotatable bonds is 11. The summed E-state index contributed by atoms with van der Waals surface area (Å²) in [4.78, 5) is 26.3. The molecule has 170 valence electrons. The first-order chi connectivity index (χ1) is 15.2. The van der Waals surface area contributed by atoms with Gasteiger partial charge < -0.3 is 15.0 Å². The first-order valence-corrected chi connectivity index (χ1v) is 11.3. The van der Waals surface area contributed by atoms with E-state index in [0.29, 0.717) is 23.8 Å². The summed E-state index contributed by atoms with van der Waals surface area (Å²) >= 11 is 0. The Morgan fingerprint density at radius 1 is 1.03 bits per heavy atom. The van der Waals surface area contributed by atoms with E-state index in [4.69, 9.17) is 5.26 Å². The molecule has 2 aromatic rings. The number of carbonyl (C=O) groups is 2. The molecule has 0 aliphatic heterocycles. The number of nitrogens with zero attached hydrogens (tertiary/aromatic N) is 2. The molecule has 5 nitrogen and oxygen atoms in total. The van der Waals surface area contributed by atoms with Gasteiger partial charge in [-0.3, -0.25) is 4.79 Å². The fraction of sp³-hybridized carbons (Fsp3) is 0.444. The molecule has 0 bridgehead atoms. The molecule has 2 aromatic carbocycles. The lowest BCUT2D eigenvalue weighted by Crippen LogP contribution is -2.32. The van der Waals surface area contributed by atoms with Crippen LogP contribution < -0.4 is 10.2 Å². The number of hydrogen-bond acceptors (Lipinski definition) is 4. The van der Waals surface area contributed by atoms with Crippen LogP contribution in [0.15, 0.2) is 42.5 Å². The molecule has 1 N–H and O–H groups in total. The van der Waals surface area contributed by atoms with Gasteiger partial charge in [-0.05, 0) is 53.1 Å². The summed E-state index contributed by atoms with van der Waals surface area (Å²) in [5.74, 6) is 0.929. The predicted octanol–water partition coefficient (Wildman–Crippen LogP) is 5.55. The van der Waals surface area contributed by atoms with Crippen molar-refractivity contribution in [3.63, 3.8) is 0 Å². The summed E-state index contributed by atoms with van der Waals surface area (Å²) in [5, 5.41) is 12.1. The van der Waals surface area contributed by atoms with E-state index in [-0.39, 0.29) is 18.2 Å². The van der Waals surface area contributed by atoms with Gasteiger partial charge in [-0.25, -0.2) is 0 Å². The molecule has 0 aliphatic carbocycles. The second-order valence-electron chi connectivity index (χ2n) is 9.31. The number of hydrogen-bond donors (Lipinski definition) is 1. The molecule has 5 heteroatoms. The molecule has 1 amide bonds. The largest absolute Gasteiger partial charge is 0.369 e. The van der Waals surface area contributed by atoms with Crippen LogP contribution in [-0.4, -0.2) is 25.3 Å². The Morgan fingerprint density at radius 2 is 1.66 bits per heavy atom. The van der Waals surface area contributed by atoms with Gasteiger partial charge in [0.25, 0.3) is 0 Å². The van der Waals surface area contributed by atoms with E-state index in [1.807, 2.05) is 25.1 Å². The van der Waals surface area contributed by atoms with Crippen LogP contribution in [0.5, 0.6) is 0 Å². The zero-order valence-electron chi connectivity index (χ0n) is 19.9. The summed E-state index contributed by atoms with van der Waals surface area (Å²) in [6.45, 7) is 12.6. The number of nitrogens with one attached hydrogen (secondary N) is 1. The van der Waals surface area contributed by atoms with Gasteiger partial charge in [0.05, 0.1) is 29.4 Å². The Balaban J connectivity index is 2.35. The molecule has 0 aromatic heterocycles. The molecule has 0 heterocycles. The van der Waals surface area contributed by atoms with Crippen LogP contribution in [0.2, 0.25) is 0 Å². The van der Waals surface area contributed by atoms with E-state index in [2.05, 4.69) is 56.1 Å². The van der Waals surface area contributed by atoms with Crippen LogP contribution in [0.1, 0.15) is 63.6 Å². The highest BCUT2D eigenvalue weighted by atomic mass is 16.1. The van der Waals surface area contributed by atoms with E-state index in [1.165, 1.54) is 0 Å². The third-order valence-corrected chi connectivity index (χ3v) is 5.27. The lowest BCUT2D eigenvalue weighted by Gasteiger charge is -2.31. The van der Waals surface area contributed by atoms with Gasteiger partial charge in [0, 0.05) is 19.5 Å². The van der Waals surface area contributed by atoms with Crippen LogP contribution >= 0.6 is 0 Å². The van der Waals surface area contributed by atoms with Gasteiger partial charge in [-0.2, -0.15) is 5.26 Å². The van der Waals surface area contributed by atoms with E-state index >= 15 is 0 Å². The van der Waals surface area contributed by atoms with Crippen molar-refractivity contribution in [2.45, 2.75) is 53.4 Å². The smallest absolute Gasteiger partial charge is 0.228 e. The fourth-order valence-electron chi connectivity index (χ4n) is 3.75. The first kappa shape index (κ1) is 25.1. The summed E-state index contributed by atoms with van der Waals surface area (Å²) in [7, 11) is 0. The van der Waals surface area contributed by atoms with Crippen molar-refractivity contribution >= 4 is 23.6 Å². The molecule has 32 heavy (non-hydrogen) atoms. The van der Waals surface area contributed by atoms with E-state index in [1.54, 1.807) is 12.1 Å². The quantitative estimate of drug-likeness (QED) is 0.472. The van der Waals surface area contributed by atoms with Gasteiger partial charge in [-0.15, -0.1) is 0 Å². The van der Waals surface area contributed by atoms with E-state index in [0.717, 1.165) is 41.9 Å². The Morgan fingerprint density at radius 3 is 2.19 bits per heavy atom. The predicted molar refractivity (Wildman–Crippen MR) is 131 cm³/mol. The maximum absolute atomic E-state index is 12.9. The highest BCUT2D eigenvalue weighted by molar-refractivity contribution is 5.95. The molecule has 2 rings (SSSR count). The minimum Gasteiger partial charge on any atom is -0.369 e. The monoisotopic (exact) mass is 433 g/mol. The van der Waals surface area contributed by atoms with Gasteiger partial charge in [0.1, 0.15) is 6.29 Å². The molecule has 0 unspecified atom stereocenters. The highest BCUT2D eigenvalue weighted by Gasteiger charge is 2.18. The van der Waals surface area contributed by atoms with E-state index in [9.17, 15) is 9.59 Å². The minimum atomic E-state index is -0.106. The zero-order chi connectivity index (χ0) is 23.7. The Hall–Kier alpha value is -3.13. The van der Waals surface area contributed by atoms with Crippen LogP contribution in [0.25, 0.3) is 0 Å². The van der Waals surface area contributed by atoms with Gasteiger partial charge in [0.2, 0.25) is 5.91 Å². The van der Waals surface area contributed by atoms with Gasteiger partial charge >= 0.3 is 0 Å². The lowest BCUT2D eigenvalue weighted by molar-refractivity contribution is -0.115. The highest BCUT2D eigenvalue weighted by Crippen LogP contribution is 2.32. The number of anilines is 2. The fourth-order valence-corrected chi connectivity index (χ4v) is 3.75. The standard InChI is InChI=1S/C27H35N3O2/c1-19(2)17-30(18-20(3)4)26-11-10-24(21(5)12-13-31)15-25(26)29-27(32)14-22-6-8-23(16-28)9-7-22/h6-11,13,15,19-21H,12,14,17-18H2,1-5H3,(H,29,32)/t21-/m1/s1. The molecule has 1 atom stereocenters. The van der Waals surface area contributed by atoms with Crippen molar-refractivity contribution < 1.29 is 9.59 Å². The number of aldehydes is 1. The summed E-state index contributed by atoms with van der Waals surface area (Å²) in [5.41, 5.74) is 4.24. The molecule has 0 fully saturated rings. The third-order valence-electron chi connectivity index (χ3n) is 5.27. The topological polar surface area (TPSA) is 73.2 Å². The molecule has 0 spiro atoms. The normalized spacial score (nSPS) is 11.8. The number of benzene rings is 2. The molecule has 0 radical (unpaired) electrons. The maximum atomic E-state index is 12.9. The van der Waals surface area contributed by atoms with Crippen molar-refractivity contribution in [2.75, 3.05) is 23.3 Å². The average molecular weight is 434 g/mol. The van der Waals surface area contributed by atoms with Gasteiger partial charge in [-0.1, -0.05) is 52.8 Å². The second-order valence-corrected chi connectivity index (χ2v) is 9.31. The summed E-state index contributed by atoms with van der Waals surface area (Å²) in [6.07, 6.45) is 1.61. The minimum absolute atomic E-state index is 0.0828. The number of carbonyl (C=O) groups excluding carboxylic acids is 2. The molecule has 0 aliphatic rings. The Bertz CT molecular complexity index is 932. The first-order valence-electron chi connectivity index (χ1n) is 11.3. The van der Waals surface area contributed by atoms with Crippen LogP contribution in [0, 0.1) is 23.2 Å². The van der Waals surface area contributed by atoms with Crippen molar-refractivity contribution in [3.05, 3.63) is 59.2 Å². The molecular formula is C27H35N3O2. The van der Waals surface area contributed by atoms with Crippen LogP contribution in [-0.2, 0) is 16.0 Å². The third kappa shape index (κ3) is 7.53. The van der Waals surface area contributed by atoms with Gasteiger partial charge in [0.15, 0.2) is 0 Å².